The molecule has 0 amide bonds. The molecular formula is C27H27N3O4S. The molecular weight excluding hydrogens is 462 g/mol. The third-order valence-electron chi connectivity index (χ3n) is 5.74. The van der Waals surface area contributed by atoms with Crippen molar-refractivity contribution in [3.8, 4) is 6.07 Å². The summed E-state index contributed by atoms with van der Waals surface area (Å²) in [4.78, 5) is 22.3. The maximum absolute atomic E-state index is 12.9. The third kappa shape index (κ3) is 6.01. The van der Waals surface area contributed by atoms with Crippen molar-refractivity contribution in [1.29, 1.82) is 5.26 Å². The molecule has 3 aromatic carbocycles. The highest BCUT2D eigenvalue weighted by Gasteiger charge is 2.34. The first-order chi connectivity index (χ1) is 16.7. The van der Waals surface area contributed by atoms with Gasteiger partial charge in [-0.15, -0.1) is 0 Å². The van der Waals surface area contributed by atoms with Crippen LogP contribution in [-0.4, -0.2) is 39.5 Å². The second-order valence-electron chi connectivity index (χ2n) is 8.71. The predicted molar refractivity (Wildman–Crippen MR) is 136 cm³/mol. The second-order valence-corrected chi connectivity index (χ2v) is 10.2. The molecule has 180 valence electrons. The van der Waals surface area contributed by atoms with Gasteiger partial charge in [-0.1, -0.05) is 50.2 Å². The number of aromatic carboxylic acids is 1. The van der Waals surface area contributed by atoms with Crippen LogP contribution < -0.4 is 5.32 Å². The summed E-state index contributed by atoms with van der Waals surface area (Å²) < 4.78 is 14.9. The minimum Gasteiger partial charge on any atom is -0.478 e. The van der Waals surface area contributed by atoms with Gasteiger partial charge in [0.05, 0.1) is 22.1 Å². The molecule has 3 aromatic rings. The summed E-state index contributed by atoms with van der Waals surface area (Å²) in [6.07, 6.45) is 0.788. The van der Waals surface area contributed by atoms with E-state index in [2.05, 4.69) is 37.4 Å². The van der Waals surface area contributed by atoms with E-state index < -0.39 is 17.0 Å². The standard InChI is InChI=1S/C18H19NO2S.C9H8N2O2/c1-18(2)13-19(11-15-7-3-4-9-17(15)18)22(21)16-8-5-6-14(10-16)12-20;1-11-8-3-2-6(5-10)4-7(8)9(12)13/h3-10,12H,11,13H2,1-2H3;2-4,11H,1H3,(H,12,13). The number of nitrogens with zero attached hydrogens (tertiary/aromatic N) is 2. The Morgan fingerprint density at radius 3 is 2.54 bits per heavy atom. The SMILES string of the molecule is CC1(C)CN(S(=O)c2cccc(C=O)c2)Cc2ccccc21.CNc1ccc(C#N)cc1C(=O)O. The van der Waals surface area contributed by atoms with Gasteiger partial charge in [0, 0.05) is 36.8 Å². The fourth-order valence-corrected chi connectivity index (χ4v) is 5.49. The average molecular weight is 490 g/mol. The lowest BCUT2D eigenvalue weighted by molar-refractivity contribution is 0.0697. The van der Waals surface area contributed by atoms with E-state index in [4.69, 9.17) is 10.4 Å². The van der Waals surface area contributed by atoms with Crippen molar-refractivity contribution in [2.24, 2.45) is 0 Å². The van der Waals surface area contributed by atoms with E-state index in [-0.39, 0.29) is 11.0 Å². The van der Waals surface area contributed by atoms with E-state index in [9.17, 15) is 13.8 Å². The molecule has 8 heteroatoms. The van der Waals surface area contributed by atoms with Crippen LogP contribution >= 0.6 is 0 Å². The van der Waals surface area contributed by atoms with E-state index >= 15 is 0 Å². The minimum atomic E-state index is -1.26. The van der Waals surface area contributed by atoms with Gasteiger partial charge in [-0.3, -0.25) is 4.79 Å². The van der Waals surface area contributed by atoms with E-state index in [0.29, 0.717) is 28.3 Å². The quantitative estimate of drug-likeness (QED) is 0.506. The van der Waals surface area contributed by atoms with E-state index in [1.165, 1.54) is 17.2 Å². The summed E-state index contributed by atoms with van der Waals surface area (Å²) >= 11 is 0. The lowest BCUT2D eigenvalue weighted by Gasteiger charge is -2.39. The highest BCUT2D eigenvalue weighted by molar-refractivity contribution is 7.82. The maximum atomic E-state index is 12.9. The Labute approximate surface area is 207 Å². The van der Waals surface area contributed by atoms with Crippen molar-refractivity contribution in [3.63, 3.8) is 0 Å². The van der Waals surface area contributed by atoms with Gasteiger partial charge in [0.25, 0.3) is 0 Å². The monoisotopic (exact) mass is 489 g/mol. The van der Waals surface area contributed by atoms with Crippen LogP contribution in [0.15, 0.2) is 71.6 Å². The van der Waals surface area contributed by atoms with Gasteiger partial charge in [0.2, 0.25) is 0 Å². The first-order valence-electron chi connectivity index (χ1n) is 11.0. The van der Waals surface area contributed by atoms with E-state index in [1.807, 2.05) is 22.5 Å². The van der Waals surface area contributed by atoms with Gasteiger partial charge < -0.3 is 10.4 Å². The van der Waals surface area contributed by atoms with Crippen molar-refractivity contribution in [2.45, 2.75) is 30.7 Å². The van der Waals surface area contributed by atoms with Gasteiger partial charge in [-0.2, -0.15) is 5.26 Å². The van der Waals surface area contributed by atoms with Crippen molar-refractivity contribution >= 4 is 28.9 Å². The Morgan fingerprint density at radius 1 is 1.14 bits per heavy atom. The van der Waals surface area contributed by atoms with E-state index in [0.717, 1.165) is 12.8 Å². The third-order valence-corrected chi connectivity index (χ3v) is 7.13. The Balaban J connectivity index is 0.000000225. The first kappa shape index (κ1) is 25.8. The number of hydrogen-bond acceptors (Lipinski definition) is 5. The minimum absolute atomic E-state index is 0.0488. The lowest BCUT2D eigenvalue weighted by Crippen LogP contribution is -2.42. The normalized spacial score (nSPS) is 14.9. The largest absolute Gasteiger partial charge is 0.478 e. The number of hydrogen-bond donors (Lipinski definition) is 2. The number of carbonyl (C=O) groups excluding carboxylic acids is 1. The fourth-order valence-electron chi connectivity index (χ4n) is 4.06. The molecule has 2 N–H and O–H groups in total. The van der Waals surface area contributed by atoms with Crippen LogP contribution in [0.3, 0.4) is 0 Å². The van der Waals surface area contributed by atoms with Crippen LogP contribution in [0.4, 0.5) is 5.69 Å². The zero-order valence-electron chi connectivity index (χ0n) is 19.8. The highest BCUT2D eigenvalue weighted by atomic mass is 32.2. The number of anilines is 1. The van der Waals surface area contributed by atoms with E-state index in [1.54, 1.807) is 37.4 Å². The smallest absolute Gasteiger partial charge is 0.337 e. The molecule has 1 aliphatic rings. The molecule has 1 aliphatic heterocycles. The molecule has 1 atom stereocenters. The molecule has 0 radical (unpaired) electrons. The molecule has 0 bridgehead atoms. The number of aldehydes is 1. The first-order valence-corrected chi connectivity index (χ1v) is 12.1. The average Bonchev–Trinajstić information content (AvgIpc) is 2.87. The number of fused-ring (bicyclic) bond motifs is 1. The molecule has 0 aromatic heterocycles. The second kappa shape index (κ2) is 11.1. The zero-order valence-corrected chi connectivity index (χ0v) is 20.6. The number of nitriles is 1. The summed E-state index contributed by atoms with van der Waals surface area (Å²) in [5.41, 5.74) is 4.02. The van der Waals surface area contributed by atoms with Gasteiger partial charge in [-0.25, -0.2) is 13.3 Å². The number of benzene rings is 3. The van der Waals surface area contributed by atoms with Crippen LogP contribution in [0, 0.1) is 11.3 Å². The van der Waals surface area contributed by atoms with Crippen molar-refractivity contribution < 1.29 is 18.9 Å². The Bertz CT molecular complexity index is 1310. The predicted octanol–water partition coefficient (Wildman–Crippen LogP) is 4.61. The van der Waals surface area contributed by atoms with Gasteiger partial charge in [-0.05, 0) is 41.5 Å². The highest BCUT2D eigenvalue weighted by Crippen LogP contribution is 2.34. The number of carbonyl (C=O) groups is 2. The molecule has 0 fully saturated rings. The molecule has 0 saturated carbocycles. The molecule has 7 nitrogen and oxygen atoms in total. The zero-order chi connectivity index (χ0) is 25.6. The fraction of sp³-hybridized carbons (Fsp3) is 0.222. The van der Waals surface area contributed by atoms with Crippen LogP contribution in [0.1, 0.15) is 51.3 Å². The van der Waals surface area contributed by atoms with Gasteiger partial charge >= 0.3 is 5.97 Å². The molecule has 1 heterocycles. The number of carboxylic acids is 1. The van der Waals surface area contributed by atoms with Gasteiger partial charge in [0.1, 0.15) is 17.3 Å². The van der Waals surface area contributed by atoms with Crippen molar-refractivity contribution in [3.05, 3.63) is 94.5 Å². The molecule has 1 unspecified atom stereocenters. The summed E-state index contributed by atoms with van der Waals surface area (Å²) in [5, 5.41) is 20.0. The van der Waals surface area contributed by atoms with Crippen LogP contribution in [0.5, 0.6) is 0 Å². The summed E-state index contributed by atoms with van der Waals surface area (Å²) in [5.74, 6) is -1.04. The maximum Gasteiger partial charge on any atom is 0.337 e. The molecule has 0 spiro atoms. The topological polar surface area (TPSA) is 111 Å². The number of carboxylic acid groups (broad SMARTS) is 1. The molecule has 0 aliphatic carbocycles. The number of rotatable bonds is 5. The van der Waals surface area contributed by atoms with Crippen LogP contribution in [0.25, 0.3) is 0 Å². The Morgan fingerprint density at radius 2 is 1.89 bits per heavy atom. The van der Waals surface area contributed by atoms with Gasteiger partial charge in [0.15, 0.2) is 0 Å². The summed E-state index contributed by atoms with van der Waals surface area (Å²) in [6.45, 7) is 5.74. The van der Waals surface area contributed by atoms with Crippen LogP contribution in [0.2, 0.25) is 0 Å². The van der Waals surface area contributed by atoms with Crippen molar-refractivity contribution in [1.82, 2.24) is 4.31 Å². The lowest BCUT2D eigenvalue weighted by atomic mass is 9.79. The molecule has 0 saturated heterocycles. The molecule has 35 heavy (non-hydrogen) atoms. The Hall–Kier alpha value is -3.80. The Kier molecular flexibility index (Phi) is 8.18. The summed E-state index contributed by atoms with van der Waals surface area (Å²) in [7, 11) is 0.372. The summed E-state index contributed by atoms with van der Waals surface area (Å²) in [6, 6.07) is 21.7. The molecule has 4 rings (SSSR count). The number of nitrogens with one attached hydrogen (secondary N) is 1. The van der Waals surface area contributed by atoms with Crippen molar-refractivity contribution in [2.75, 3.05) is 18.9 Å². The van der Waals surface area contributed by atoms with Crippen LogP contribution in [-0.2, 0) is 22.9 Å².